The SMILES string of the molecule is Cc1noc(C(=O)NCc2ccc3c(c2)OCO3)n1. The summed E-state index contributed by atoms with van der Waals surface area (Å²) in [5, 5.41) is 6.24. The summed E-state index contributed by atoms with van der Waals surface area (Å²) in [6.45, 7) is 2.22. The number of hydrogen-bond donors (Lipinski definition) is 1. The Morgan fingerprint density at radius 1 is 1.37 bits per heavy atom. The molecular formula is C12H11N3O4. The second-order valence-corrected chi connectivity index (χ2v) is 4.02. The summed E-state index contributed by atoms with van der Waals surface area (Å²) >= 11 is 0. The molecular weight excluding hydrogens is 250 g/mol. The zero-order valence-electron chi connectivity index (χ0n) is 10.2. The van der Waals surface area contributed by atoms with Crippen molar-refractivity contribution in [3.05, 3.63) is 35.5 Å². The van der Waals surface area contributed by atoms with Crippen LogP contribution in [0.15, 0.2) is 22.7 Å². The zero-order chi connectivity index (χ0) is 13.2. The van der Waals surface area contributed by atoms with Crippen molar-refractivity contribution in [2.75, 3.05) is 6.79 Å². The normalized spacial score (nSPS) is 12.5. The third-order valence-corrected chi connectivity index (χ3v) is 2.61. The van der Waals surface area contributed by atoms with Crippen molar-refractivity contribution in [1.82, 2.24) is 15.5 Å². The second-order valence-electron chi connectivity index (χ2n) is 4.02. The van der Waals surface area contributed by atoms with E-state index >= 15 is 0 Å². The van der Waals surface area contributed by atoms with Gasteiger partial charge in [0.25, 0.3) is 0 Å². The highest BCUT2D eigenvalue weighted by atomic mass is 16.7. The number of benzene rings is 1. The van der Waals surface area contributed by atoms with Crippen molar-refractivity contribution in [1.29, 1.82) is 0 Å². The predicted molar refractivity (Wildman–Crippen MR) is 62.8 cm³/mol. The lowest BCUT2D eigenvalue weighted by molar-refractivity contribution is 0.0907. The van der Waals surface area contributed by atoms with Gasteiger partial charge in [0.05, 0.1) is 0 Å². The molecule has 3 rings (SSSR count). The molecule has 2 aromatic rings. The summed E-state index contributed by atoms with van der Waals surface area (Å²) in [5.41, 5.74) is 0.897. The van der Waals surface area contributed by atoms with E-state index in [0.29, 0.717) is 23.9 Å². The third kappa shape index (κ3) is 2.35. The van der Waals surface area contributed by atoms with Crippen LogP contribution < -0.4 is 14.8 Å². The standard InChI is InChI=1S/C12H11N3O4/c1-7-14-12(19-15-7)11(16)13-5-8-2-3-9-10(4-8)18-6-17-9/h2-4H,5-6H2,1H3,(H,13,16). The average molecular weight is 261 g/mol. The van der Waals surface area contributed by atoms with Gasteiger partial charge in [-0.3, -0.25) is 4.79 Å². The Bertz CT molecular complexity index is 623. The zero-order valence-corrected chi connectivity index (χ0v) is 10.2. The van der Waals surface area contributed by atoms with Crippen LogP contribution in [0.1, 0.15) is 22.1 Å². The van der Waals surface area contributed by atoms with Gasteiger partial charge in [0.2, 0.25) is 6.79 Å². The van der Waals surface area contributed by atoms with Gasteiger partial charge in [-0.15, -0.1) is 0 Å². The second kappa shape index (κ2) is 4.60. The highest BCUT2D eigenvalue weighted by Crippen LogP contribution is 2.32. The van der Waals surface area contributed by atoms with Crippen LogP contribution in [0, 0.1) is 6.92 Å². The largest absolute Gasteiger partial charge is 0.454 e. The number of carbonyl (C=O) groups excluding carboxylic acids is 1. The van der Waals surface area contributed by atoms with Crippen LogP contribution in [0.2, 0.25) is 0 Å². The smallest absolute Gasteiger partial charge is 0.315 e. The van der Waals surface area contributed by atoms with Crippen molar-refractivity contribution in [3.63, 3.8) is 0 Å². The van der Waals surface area contributed by atoms with E-state index in [1.54, 1.807) is 13.0 Å². The number of aromatic nitrogens is 2. The van der Waals surface area contributed by atoms with Crippen LogP contribution in [0.4, 0.5) is 0 Å². The fourth-order valence-electron chi connectivity index (χ4n) is 1.70. The molecule has 1 amide bonds. The summed E-state index contributed by atoms with van der Waals surface area (Å²) in [4.78, 5) is 15.5. The number of rotatable bonds is 3. The van der Waals surface area contributed by atoms with Gasteiger partial charge in [0.15, 0.2) is 17.3 Å². The monoisotopic (exact) mass is 261 g/mol. The number of amides is 1. The number of aryl methyl sites for hydroxylation is 1. The van der Waals surface area contributed by atoms with Crippen LogP contribution in [-0.4, -0.2) is 22.8 Å². The average Bonchev–Trinajstić information content (AvgIpc) is 3.03. The molecule has 1 aromatic carbocycles. The number of fused-ring (bicyclic) bond motifs is 1. The summed E-state index contributed by atoms with van der Waals surface area (Å²) in [7, 11) is 0. The molecule has 0 atom stereocenters. The first-order valence-electron chi connectivity index (χ1n) is 5.69. The minimum absolute atomic E-state index is 0.0433. The quantitative estimate of drug-likeness (QED) is 0.888. The van der Waals surface area contributed by atoms with Gasteiger partial charge in [-0.25, -0.2) is 0 Å². The number of carbonyl (C=O) groups is 1. The van der Waals surface area contributed by atoms with E-state index in [-0.39, 0.29) is 12.7 Å². The molecule has 0 aliphatic carbocycles. The summed E-state index contributed by atoms with van der Waals surface area (Å²) < 4.78 is 15.2. The molecule has 19 heavy (non-hydrogen) atoms. The minimum Gasteiger partial charge on any atom is -0.454 e. The summed E-state index contributed by atoms with van der Waals surface area (Å²) in [5.74, 6) is 1.37. The first-order chi connectivity index (χ1) is 9.22. The number of hydrogen-bond acceptors (Lipinski definition) is 6. The fraction of sp³-hybridized carbons (Fsp3) is 0.250. The van der Waals surface area contributed by atoms with Crippen LogP contribution in [0.5, 0.6) is 11.5 Å². The topological polar surface area (TPSA) is 86.5 Å². The van der Waals surface area contributed by atoms with E-state index in [9.17, 15) is 4.79 Å². The molecule has 2 heterocycles. The Balaban J connectivity index is 1.64. The fourth-order valence-corrected chi connectivity index (χ4v) is 1.70. The molecule has 7 heteroatoms. The van der Waals surface area contributed by atoms with Crippen molar-refractivity contribution < 1.29 is 18.8 Å². The van der Waals surface area contributed by atoms with Gasteiger partial charge >= 0.3 is 11.8 Å². The molecule has 98 valence electrons. The Kier molecular flexibility index (Phi) is 2.79. The molecule has 1 aliphatic rings. The lowest BCUT2D eigenvalue weighted by Crippen LogP contribution is -2.23. The van der Waals surface area contributed by atoms with E-state index in [1.807, 2.05) is 12.1 Å². The maximum Gasteiger partial charge on any atom is 0.315 e. The van der Waals surface area contributed by atoms with Crippen molar-refractivity contribution in [3.8, 4) is 11.5 Å². The van der Waals surface area contributed by atoms with E-state index in [2.05, 4.69) is 15.5 Å². The van der Waals surface area contributed by atoms with Crippen LogP contribution in [-0.2, 0) is 6.54 Å². The van der Waals surface area contributed by atoms with Gasteiger partial charge in [-0.1, -0.05) is 11.2 Å². The predicted octanol–water partition coefficient (Wildman–Crippen LogP) is 1.04. The number of ether oxygens (including phenoxy) is 2. The molecule has 0 radical (unpaired) electrons. The minimum atomic E-state index is -0.404. The van der Waals surface area contributed by atoms with Gasteiger partial charge in [0, 0.05) is 6.54 Å². The molecule has 0 saturated heterocycles. The molecule has 1 aromatic heterocycles. The molecule has 1 aliphatic heterocycles. The molecule has 0 spiro atoms. The number of nitrogens with zero attached hydrogens (tertiary/aromatic N) is 2. The van der Waals surface area contributed by atoms with Gasteiger partial charge in [-0.05, 0) is 24.6 Å². The Morgan fingerprint density at radius 2 is 2.21 bits per heavy atom. The highest BCUT2D eigenvalue weighted by molar-refractivity contribution is 5.89. The summed E-state index contributed by atoms with van der Waals surface area (Å²) in [6.07, 6.45) is 0. The highest BCUT2D eigenvalue weighted by Gasteiger charge is 2.15. The van der Waals surface area contributed by atoms with E-state index in [0.717, 1.165) is 5.56 Å². The summed E-state index contributed by atoms with van der Waals surface area (Å²) in [6, 6.07) is 5.48. The van der Waals surface area contributed by atoms with E-state index in [4.69, 9.17) is 14.0 Å². The maximum atomic E-state index is 11.7. The van der Waals surface area contributed by atoms with Crippen LogP contribution in [0.25, 0.3) is 0 Å². The van der Waals surface area contributed by atoms with E-state index < -0.39 is 5.91 Å². The first-order valence-corrected chi connectivity index (χ1v) is 5.69. The molecule has 0 fully saturated rings. The molecule has 0 unspecified atom stereocenters. The van der Waals surface area contributed by atoms with E-state index in [1.165, 1.54) is 0 Å². The van der Waals surface area contributed by atoms with Gasteiger partial charge < -0.3 is 19.3 Å². The van der Waals surface area contributed by atoms with Gasteiger partial charge in [-0.2, -0.15) is 4.98 Å². The van der Waals surface area contributed by atoms with Gasteiger partial charge in [0.1, 0.15) is 0 Å². The molecule has 1 N–H and O–H groups in total. The molecule has 0 bridgehead atoms. The molecule has 0 saturated carbocycles. The lowest BCUT2D eigenvalue weighted by atomic mass is 10.2. The Morgan fingerprint density at radius 3 is 3.00 bits per heavy atom. The van der Waals surface area contributed by atoms with Crippen LogP contribution >= 0.6 is 0 Å². The Hall–Kier alpha value is -2.57. The maximum absolute atomic E-state index is 11.7. The van der Waals surface area contributed by atoms with Crippen molar-refractivity contribution >= 4 is 5.91 Å². The Labute approximate surface area is 108 Å². The first kappa shape index (κ1) is 11.5. The lowest BCUT2D eigenvalue weighted by Gasteiger charge is -2.03. The van der Waals surface area contributed by atoms with Crippen molar-refractivity contribution in [2.45, 2.75) is 13.5 Å². The number of nitrogens with one attached hydrogen (secondary N) is 1. The third-order valence-electron chi connectivity index (χ3n) is 2.61. The van der Waals surface area contributed by atoms with Crippen LogP contribution in [0.3, 0.4) is 0 Å². The van der Waals surface area contributed by atoms with Crippen molar-refractivity contribution in [2.24, 2.45) is 0 Å². The molecule has 7 nitrogen and oxygen atoms in total.